The number of benzene rings is 1. The lowest BCUT2D eigenvalue weighted by Gasteiger charge is -2.29. The molecule has 0 aliphatic carbocycles. The van der Waals surface area contributed by atoms with Crippen LogP contribution < -0.4 is 0 Å². The van der Waals surface area contributed by atoms with Gasteiger partial charge in [-0.3, -0.25) is 14.5 Å². The van der Waals surface area contributed by atoms with Crippen LogP contribution in [0.4, 0.5) is 4.39 Å². The molecular formula is C27H32FN3O6. The molecule has 10 heteroatoms. The van der Waals surface area contributed by atoms with Crippen LogP contribution in [0.5, 0.6) is 0 Å². The molecule has 3 heterocycles. The van der Waals surface area contributed by atoms with Crippen molar-refractivity contribution in [2.75, 3.05) is 46.0 Å². The van der Waals surface area contributed by atoms with Crippen molar-refractivity contribution in [1.29, 1.82) is 0 Å². The van der Waals surface area contributed by atoms with Gasteiger partial charge in [0.25, 0.3) is 11.7 Å². The molecule has 2 fully saturated rings. The summed E-state index contributed by atoms with van der Waals surface area (Å²) < 4.78 is 25.5. The molecule has 198 valence electrons. The first kappa shape index (κ1) is 26.6. The Labute approximate surface area is 214 Å². The van der Waals surface area contributed by atoms with Crippen LogP contribution in [0.15, 0.2) is 29.8 Å². The normalized spacial score (nSPS) is 20.0. The lowest BCUT2D eigenvalue weighted by atomic mass is 9.93. The van der Waals surface area contributed by atoms with Crippen molar-refractivity contribution in [1.82, 2.24) is 14.8 Å². The molecule has 0 spiro atoms. The summed E-state index contributed by atoms with van der Waals surface area (Å²) in [5.74, 6) is -3.34. The van der Waals surface area contributed by atoms with Gasteiger partial charge in [-0.25, -0.2) is 9.18 Å². The van der Waals surface area contributed by atoms with Gasteiger partial charge in [-0.05, 0) is 38.8 Å². The highest BCUT2D eigenvalue weighted by atomic mass is 19.1. The van der Waals surface area contributed by atoms with Crippen molar-refractivity contribution in [3.05, 3.63) is 63.7 Å². The topological polar surface area (TPSA) is 112 Å². The molecule has 1 unspecified atom stereocenters. The van der Waals surface area contributed by atoms with E-state index in [0.29, 0.717) is 37.4 Å². The zero-order valence-electron chi connectivity index (χ0n) is 21.3. The number of aliphatic hydroxyl groups is 1. The second kappa shape index (κ2) is 11.3. The van der Waals surface area contributed by atoms with Crippen molar-refractivity contribution in [2.24, 2.45) is 0 Å². The highest BCUT2D eigenvalue weighted by Gasteiger charge is 2.47. The van der Waals surface area contributed by atoms with Crippen LogP contribution in [0.2, 0.25) is 0 Å². The molecule has 1 atom stereocenters. The lowest BCUT2D eigenvalue weighted by molar-refractivity contribution is -0.140. The lowest BCUT2D eigenvalue weighted by Crippen LogP contribution is -2.39. The van der Waals surface area contributed by atoms with Gasteiger partial charge in [-0.2, -0.15) is 0 Å². The van der Waals surface area contributed by atoms with Crippen molar-refractivity contribution in [2.45, 2.75) is 33.2 Å². The molecule has 4 rings (SSSR count). The number of morpholine rings is 1. The van der Waals surface area contributed by atoms with Gasteiger partial charge in [0.05, 0.1) is 31.4 Å². The van der Waals surface area contributed by atoms with Gasteiger partial charge < -0.3 is 24.5 Å². The third kappa shape index (κ3) is 5.17. The van der Waals surface area contributed by atoms with Crippen molar-refractivity contribution < 1.29 is 33.4 Å². The molecule has 1 aromatic heterocycles. The van der Waals surface area contributed by atoms with E-state index in [1.54, 1.807) is 26.8 Å². The Balaban J connectivity index is 1.75. The SMILES string of the molecule is CCOC(=O)c1[nH]c(C)c(/C(O)=C2\C(=O)C(=O)N(CCCN3CCOCC3)C2c2ccccc2F)c1C. The standard InChI is InChI=1S/C27H32FN3O6/c1-4-37-27(35)22-16(2)20(17(3)29-22)24(32)21-23(18-8-5-6-9-19(18)28)31(26(34)25(21)33)11-7-10-30-12-14-36-15-13-30/h5-6,8-9,23,29,32H,4,7,10-15H2,1-3H3/b24-21+. The zero-order valence-corrected chi connectivity index (χ0v) is 21.3. The quantitative estimate of drug-likeness (QED) is 0.241. The van der Waals surface area contributed by atoms with Crippen LogP contribution >= 0.6 is 0 Å². The number of Topliss-reactive ketones (excluding diaryl/α,β-unsaturated/α-hetero) is 1. The number of rotatable bonds is 8. The largest absolute Gasteiger partial charge is 0.507 e. The van der Waals surface area contributed by atoms with Gasteiger partial charge in [0.15, 0.2) is 0 Å². The fourth-order valence-corrected chi connectivity index (χ4v) is 5.07. The molecule has 2 saturated heterocycles. The number of amides is 1. The number of aryl methyl sites for hydroxylation is 1. The van der Waals surface area contributed by atoms with Crippen molar-refractivity contribution in [3.8, 4) is 0 Å². The number of esters is 1. The minimum Gasteiger partial charge on any atom is -0.507 e. The Morgan fingerprint density at radius 1 is 1.19 bits per heavy atom. The molecule has 1 aromatic carbocycles. The molecule has 2 N–H and O–H groups in total. The monoisotopic (exact) mass is 513 g/mol. The molecule has 0 radical (unpaired) electrons. The van der Waals surface area contributed by atoms with Crippen LogP contribution in [0.3, 0.4) is 0 Å². The number of aliphatic hydroxyl groups excluding tert-OH is 1. The zero-order chi connectivity index (χ0) is 26.7. The second-order valence-corrected chi connectivity index (χ2v) is 9.17. The maximum atomic E-state index is 15.0. The maximum absolute atomic E-state index is 15.0. The molecule has 0 saturated carbocycles. The van der Waals surface area contributed by atoms with E-state index in [9.17, 15) is 19.5 Å². The van der Waals surface area contributed by atoms with Gasteiger partial charge in [0.2, 0.25) is 0 Å². The van der Waals surface area contributed by atoms with E-state index >= 15 is 4.39 Å². The summed E-state index contributed by atoms with van der Waals surface area (Å²) >= 11 is 0. The third-order valence-electron chi connectivity index (χ3n) is 6.87. The number of hydrogen-bond acceptors (Lipinski definition) is 7. The number of nitrogens with one attached hydrogen (secondary N) is 1. The Kier molecular flexibility index (Phi) is 8.09. The van der Waals surface area contributed by atoms with Gasteiger partial charge in [-0.15, -0.1) is 0 Å². The summed E-state index contributed by atoms with van der Waals surface area (Å²) in [7, 11) is 0. The number of carbonyl (C=O) groups excluding carboxylic acids is 3. The molecule has 2 aliphatic rings. The number of aromatic amines is 1. The Hall–Kier alpha value is -3.50. The minimum atomic E-state index is -1.11. The Morgan fingerprint density at radius 2 is 1.89 bits per heavy atom. The second-order valence-electron chi connectivity index (χ2n) is 9.17. The van der Waals surface area contributed by atoms with Crippen molar-refractivity contribution >= 4 is 23.4 Å². The molecule has 2 aliphatic heterocycles. The summed E-state index contributed by atoms with van der Waals surface area (Å²) in [6.45, 7) is 8.84. The highest BCUT2D eigenvalue weighted by Crippen LogP contribution is 2.41. The smallest absolute Gasteiger partial charge is 0.355 e. The third-order valence-corrected chi connectivity index (χ3v) is 6.87. The Morgan fingerprint density at radius 3 is 2.57 bits per heavy atom. The number of nitrogens with zero attached hydrogens (tertiary/aromatic N) is 2. The number of ether oxygens (including phenoxy) is 2. The van der Waals surface area contributed by atoms with Gasteiger partial charge in [-0.1, -0.05) is 18.2 Å². The van der Waals surface area contributed by atoms with Gasteiger partial charge >= 0.3 is 5.97 Å². The number of aromatic nitrogens is 1. The number of likely N-dealkylation sites (tertiary alicyclic amines) is 1. The molecule has 1 amide bonds. The fraction of sp³-hybridized carbons (Fsp3) is 0.444. The molecule has 0 bridgehead atoms. The number of hydrogen-bond donors (Lipinski definition) is 2. The van der Waals surface area contributed by atoms with E-state index in [0.717, 1.165) is 13.1 Å². The van der Waals surface area contributed by atoms with E-state index in [4.69, 9.17) is 9.47 Å². The fourth-order valence-electron chi connectivity index (χ4n) is 5.07. The van der Waals surface area contributed by atoms with E-state index in [1.165, 1.54) is 23.1 Å². The number of H-pyrrole nitrogens is 1. The average Bonchev–Trinajstić information content (AvgIpc) is 3.32. The summed E-state index contributed by atoms with van der Waals surface area (Å²) in [6, 6.07) is 4.81. The van der Waals surface area contributed by atoms with Crippen LogP contribution in [0, 0.1) is 19.7 Å². The van der Waals surface area contributed by atoms with Gasteiger partial charge in [0.1, 0.15) is 17.3 Å². The minimum absolute atomic E-state index is 0.117. The van der Waals surface area contributed by atoms with Crippen LogP contribution in [-0.2, 0) is 19.1 Å². The first-order valence-electron chi connectivity index (χ1n) is 12.5. The summed E-state index contributed by atoms with van der Waals surface area (Å²) in [4.78, 5) is 45.3. The first-order chi connectivity index (χ1) is 17.8. The number of halogens is 1. The first-order valence-corrected chi connectivity index (χ1v) is 12.5. The summed E-state index contributed by atoms with van der Waals surface area (Å²) in [5.41, 5.74) is 1.06. The maximum Gasteiger partial charge on any atom is 0.355 e. The van der Waals surface area contributed by atoms with Crippen molar-refractivity contribution in [3.63, 3.8) is 0 Å². The Bertz CT molecular complexity index is 1230. The van der Waals surface area contributed by atoms with E-state index in [-0.39, 0.29) is 35.5 Å². The number of carbonyl (C=O) groups is 3. The van der Waals surface area contributed by atoms with Gasteiger partial charge in [0, 0.05) is 43.0 Å². The van der Waals surface area contributed by atoms with Crippen LogP contribution in [0.25, 0.3) is 5.76 Å². The van der Waals surface area contributed by atoms with E-state index in [2.05, 4.69) is 9.88 Å². The average molecular weight is 514 g/mol. The highest BCUT2D eigenvalue weighted by molar-refractivity contribution is 6.46. The predicted octanol–water partition coefficient (Wildman–Crippen LogP) is 3.09. The van der Waals surface area contributed by atoms with E-state index < -0.39 is 35.3 Å². The molecule has 2 aromatic rings. The summed E-state index contributed by atoms with van der Waals surface area (Å²) in [6.07, 6.45) is 0.563. The van der Waals surface area contributed by atoms with E-state index in [1.807, 2.05) is 0 Å². The molecule has 37 heavy (non-hydrogen) atoms. The molecule has 9 nitrogen and oxygen atoms in total. The van der Waals surface area contributed by atoms with Crippen LogP contribution in [-0.4, -0.2) is 83.5 Å². The molecular weight excluding hydrogens is 481 g/mol. The summed E-state index contributed by atoms with van der Waals surface area (Å²) in [5, 5.41) is 11.4. The number of ketones is 1. The van der Waals surface area contributed by atoms with Crippen LogP contribution in [0.1, 0.15) is 52.3 Å². The predicted molar refractivity (Wildman–Crippen MR) is 134 cm³/mol.